The van der Waals surface area contributed by atoms with Crippen LogP contribution < -0.4 is 10.1 Å². The second-order valence-corrected chi connectivity index (χ2v) is 9.20. The Morgan fingerprint density at radius 3 is 2.38 bits per heavy atom. The van der Waals surface area contributed by atoms with E-state index >= 15 is 0 Å². The van der Waals surface area contributed by atoms with Crippen molar-refractivity contribution in [2.24, 2.45) is 0 Å². The summed E-state index contributed by atoms with van der Waals surface area (Å²) in [5.41, 5.74) is 0.354. The SMILES string of the molecule is CC(C(=O)NC(C)(C)C)N(Cc1ccccc1Cl)C(=O)COc1cccc2ccccc12. The first kappa shape index (κ1) is 23.6. The van der Waals surface area contributed by atoms with Crippen molar-refractivity contribution in [2.45, 2.75) is 45.8 Å². The molecule has 0 radical (unpaired) electrons. The van der Waals surface area contributed by atoms with Gasteiger partial charge in [-0.15, -0.1) is 0 Å². The van der Waals surface area contributed by atoms with Crippen LogP contribution in [0.5, 0.6) is 5.75 Å². The number of nitrogens with zero attached hydrogens (tertiary/aromatic N) is 1. The first-order valence-electron chi connectivity index (χ1n) is 10.6. The zero-order valence-electron chi connectivity index (χ0n) is 18.9. The fraction of sp³-hybridized carbons (Fsp3) is 0.308. The van der Waals surface area contributed by atoms with Crippen LogP contribution >= 0.6 is 11.6 Å². The summed E-state index contributed by atoms with van der Waals surface area (Å²) in [7, 11) is 0. The van der Waals surface area contributed by atoms with E-state index in [1.54, 1.807) is 13.0 Å². The van der Waals surface area contributed by atoms with E-state index in [1.807, 2.05) is 81.4 Å². The van der Waals surface area contributed by atoms with E-state index in [0.29, 0.717) is 10.8 Å². The number of benzene rings is 3. The Morgan fingerprint density at radius 1 is 1.00 bits per heavy atom. The molecule has 1 unspecified atom stereocenters. The Morgan fingerprint density at radius 2 is 1.66 bits per heavy atom. The highest BCUT2D eigenvalue weighted by molar-refractivity contribution is 6.31. The lowest BCUT2D eigenvalue weighted by atomic mass is 10.1. The lowest BCUT2D eigenvalue weighted by molar-refractivity contribution is -0.142. The topological polar surface area (TPSA) is 58.6 Å². The average Bonchev–Trinajstić information content (AvgIpc) is 2.75. The van der Waals surface area contributed by atoms with Gasteiger partial charge >= 0.3 is 0 Å². The van der Waals surface area contributed by atoms with Crippen LogP contribution in [0.4, 0.5) is 0 Å². The molecule has 1 atom stereocenters. The summed E-state index contributed by atoms with van der Waals surface area (Å²) in [6.07, 6.45) is 0. The van der Waals surface area contributed by atoms with Crippen LogP contribution in [0.1, 0.15) is 33.3 Å². The second-order valence-electron chi connectivity index (χ2n) is 8.79. The van der Waals surface area contributed by atoms with Crippen molar-refractivity contribution in [3.63, 3.8) is 0 Å². The summed E-state index contributed by atoms with van der Waals surface area (Å²) in [6, 6.07) is 20.2. The number of hydrogen-bond donors (Lipinski definition) is 1. The van der Waals surface area contributed by atoms with E-state index in [-0.39, 0.29) is 25.0 Å². The molecule has 0 aliphatic carbocycles. The third-order valence-corrected chi connectivity index (χ3v) is 5.43. The molecule has 0 aliphatic rings. The molecule has 0 fully saturated rings. The maximum atomic E-state index is 13.3. The highest BCUT2D eigenvalue weighted by Crippen LogP contribution is 2.25. The summed E-state index contributed by atoms with van der Waals surface area (Å²) < 4.78 is 5.90. The largest absolute Gasteiger partial charge is 0.483 e. The second kappa shape index (κ2) is 10.0. The Labute approximate surface area is 194 Å². The highest BCUT2D eigenvalue weighted by Gasteiger charge is 2.29. The van der Waals surface area contributed by atoms with Crippen LogP contribution in [-0.4, -0.2) is 34.9 Å². The molecule has 3 aromatic rings. The number of carbonyl (C=O) groups is 2. The molecule has 0 heterocycles. The van der Waals surface area contributed by atoms with Gasteiger partial charge in [0.25, 0.3) is 5.91 Å². The van der Waals surface area contributed by atoms with Crippen molar-refractivity contribution in [1.82, 2.24) is 10.2 Å². The minimum absolute atomic E-state index is 0.189. The number of fused-ring (bicyclic) bond motifs is 1. The molecule has 5 nitrogen and oxygen atoms in total. The monoisotopic (exact) mass is 452 g/mol. The summed E-state index contributed by atoms with van der Waals surface area (Å²) in [4.78, 5) is 27.6. The molecule has 3 rings (SSSR count). The number of hydrogen-bond acceptors (Lipinski definition) is 3. The Hall–Kier alpha value is -3.05. The molecule has 0 saturated heterocycles. The van der Waals surface area contributed by atoms with Gasteiger partial charge in [-0.2, -0.15) is 0 Å². The van der Waals surface area contributed by atoms with Crippen molar-refractivity contribution in [1.29, 1.82) is 0 Å². The molecular weight excluding hydrogens is 424 g/mol. The molecule has 6 heteroatoms. The normalized spacial score (nSPS) is 12.3. The lowest BCUT2D eigenvalue weighted by Crippen LogP contribution is -2.53. The van der Waals surface area contributed by atoms with E-state index in [9.17, 15) is 9.59 Å². The van der Waals surface area contributed by atoms with E-state index in [0.717, 1.165) is 16.3 Å². The van der Waals surface area contributed by atoms with E-state index < -0.39 is 11.6 Å². The van der Waals surface area contributed by atoms with Gasteiger partial charge in [0.1, 0.15) is 11.8 Å². The molecule has 0 bridgehead atoms. The summed E-state index contributed by atoms with van der Waals surface area (Å²) in [5.74, 6) is 0.0958. The van der Waals surface area contributed by atoms with Crippen molar-refractivity contribution < 1.29 is 14.3 Å². The van der Waals surface area contributed by atoms with Gasteiger partial charge < -0.3 is 15.0 Å². The zero-order valence-corrected chi connectivity index (χ0v) is 19.6. The molecule has 0 saturated carbocycles. The number of halogens is 1. The Kier molecular flexibility index (Phi) is 7.41. The average molecular weight is 453 g/mol. The summed E-state index contributed by atoms with van der Waals surface area (Å²) in [5, 5.41) is 5.45. The minimum atomic E-state index is -0.700. The smallest absolute Gasteiger partial charge is 0.261 e. The Balaban J connectivity index is 1.82. The van der Waals surface area contributed by atoms with Crippen molar-refractivity contribution in [3.8, 4) is 5.75 Å². The third kappa shape index (κ3) is 6.01. The van der Waals surface area contributed by atoms with Crippen LogP contribution in [0.15, 0.2) is 66.7 Å². The highest BCUT2D eigenvalue weighted by atomic mass is 35.5. The summed E-state index contributed by atoms with van der Waals surface area (Å²) in [6.45, 7) is 7.44. The van der Waals surface area contributed by atoms with Crippen LogP contribution in [0, 0.1) is 0 Å². The molecule has 2 amide bonds. The predicted octanol–water partition coefficient (Wildman–Crippen LogP) is 5.20. The van der Waals surface area contributed by atoms with Gasteiger partial charge in [0.2, 0.25) is 5.91 Å². The van der Waals surface area contributed by atoms with Gasteiger partial charge in [0.15, 0.2) is 6.61 Å². The van der Waals surface area contributed by atoms with Gasteiger partial charge in [-0.25, -0.2) is 0 Å². The first-order valence-corrected chi connectivity index (χ1v) is 11.0. The van der Waals surface area contributed by atoms with Crippen LogP contribution in [0.2, 0.25) is 5.02 Å². The molecule has 1 N–H and O–H groups in total. The van der Waals surface area contributed by atoms with Gasteiger partial charge in [-0.05, 0) is 50.8 Å². The number of nitrogens with one attached hydrogen (secondary N) is 1. The maximum absolute atomic E-state index is 13.3. The molecular formula is C26H29ClN2O3. The van der Waals surface area contributed by atoms with Crippen molar-refractivity contribution >= 4 is 34.2 Å². The van der Waals surface area contributed by atoms with Crippen LogP contribution in [-0.2, 0) is 16.1 Å². The molecule has 0 aromatic heterocycles. The standard InChI is InChI=1S/C26H29ClN2O3/c1-18(25(31)28-26(2,3)4)29(16-20-11-6-8-14-22(20)27)24(30)17-32-23-15-9-12-19-10-5-7-13-21(19)23/h5-15,18H,16-17H2,1-4H3,(H,28,31). The quantitative estimate of drug-likeness (QED) is 0.535. The Bertz CT molecular complexity index is 1100. The number of amides is 2. The maximum Gasteiger partial charge on any atom is 0.261 e. The molecule has 3 aromatic carbocycles. The van der Waals surface area contributed by atoms with Crippen molar-refractivity contribution in [3.05, 3.63) is 77.3 Å². The number of rotatable bonds is 7. The van der Waals surface area contributed by atoms with Crippen LogP contribution in [0.3, 0.4) is 0 Å². The van der Waals surface area contributed by atoms with Gasteiger partial charge in [0.05, 0.1) is 0 Å². The molecule has 168 valence electrons. The minimum Gasteiger partial charge on any atom is -0.483 e. The molecule has 0 spiro atoms. The van der Waals surface area contributed by atoms with Gasteiger partial charge in [0, 0.05) is 22.5 Å². The third-order valence-electron chi connectivity index (χ3n) is 5.06. The van der Waals surface area contributed by atoms with Crippen molar-refractivity contribution in [2.75, 3.05) is 6.61 Å². The van der Waals surface area contributed by atoms with Gasteiger partial charge in [-0.1, -0.05) is 66.2 Å². The molecule has 32 heavy (non-hydrogen) atoms. The summed E-state index contributed by atoms with van der Waals surface area (Å²) >= 11 is 6.33. The fourth-order valence-electron chi connectivity index (χ4n) is 3.41. The van der Waals surface area contributed by atoms with Gasteiger partial charge in [-0.3, -0.25) is 9.59 Å². The lowest BCUT2D eigenvalue weighted by Gasteiger charge is -2.31. The first-order chi connectivity index (χ1) is 15.2. The van der Waals surface area contributed by atoms with E-state index in [2.05, 4.69) is 5.32 Å². The van der Waals surface area contributed by atoms with E-state index in [4.69, 9.17) is 16.3 Å². The number of ether oxygens (including phenoxy) is 1. The predicted molar refractivity (Wildman–Crippen MR) is 129 cm³/mol. The zero-order chi connectivity index (χ0) is 23.3. The fourth-order valence-corrected chi connectivity index (χ4v) is 3.61. The number of carbonyl (C=O) groups excluding carboxylic acids is 2. The van der Waals surface area contributed by atoms with E-state index in [1.165, 1.54) is 4.90 Å². The molecule has 0 aliphatic heterocycles. The van der Waals surface area contributed by atoms with Crippen LogP contribution in [0.25, 0.3) is 10.8 Å².